The minimum atomic E-state index is -5.11. The third kappa shape index (κ3) is 26.9. The van der Waals surface area contributed by atoms with Gasteiger partial charge in [-0.1, -0.05) is 77.8 Å². The first-order chi connectivity index (χ1) is 67.1. The standard InChI is InChI=1S/C72H96N17O40P7S7/c1-9-37-38(10-51(116-37)83-17-31(2)61(90)77-67(83)96)124-131(103,138)110-28-50-44(16-57(122-50)89-30-76-58-59(73)74-29-75-60(58)89)129-136(108,143)115-27-49-43(15-56(121-49)88-22-36(7)66(95)82-72(88)101)128-135(107,142)114-26-48-42(14-55(120-48)87-21-35(6)65(94)81-71(87)100)127-134(106,141)113-25-47-41(13-54(119-47)86-20-34(5)64(93)80-70(86)99)126-133(105,140)112-24-46-40(12-53(118-46)85-19-33(4)63(92)79-69(85)98)125-132(104,139)111-23-45-39(123-130(102,137)109-8)11-52(117-45)84-18-32(3)62(91)78-68(84)97/h17-22,29-30,37-57H,9-16,23-28H2,1-8H3,(H,102,137)(H,103,138)(H,104,139)(H,105,140)(H,106,141)(H,107,142)(H,108,143)(H2,73,74,75)(H,77,90,96)(H,78,91,97)(H,79,92,98)(H,80,93,99)(H,81,94,100)(H,82,95,101)/p-7/t37-,38-,39-,40-,41-,42-,43-,44-,45-,46-,47-,48-,49-,50-,51-,52-,53-,54-,55-,56-,57-,130?,131?,132?,133?,134?,135?,136?/m1/s1. The van der Waals surface area contributed by atoms with Crippen LogP contribution in [0.2, 0.25) is 0 Å². The zero-order valence-electron chi connectivity index (χ0n) is 75.5. The quantitative estimate of drug-likeness (QED) is 0.0145. The number of nitrogens with one attached hydrogen (secondary N) is 6. The molecule has 143 heavy (non-hydrogen) atoms. The van der Waals surface area contributed by atoms with Crippen LogP contribution in [0.3, 0.4) is 0 Å². The Morgan fingerprint density at radius 3 is 0.811 bits per heavy atom. The van der Waals surface area contributed by atoms with E-state index in [0.717, 1.165) is 65.6 Å². The number of nitrogens with zero attached hydrogens (tertiary/aromatic N) is 10. The molecule has 7 fully saturated rings. The van der Waals surface area contributed by atoms with Gasteiger partial charge in [-0.15, -0.1) is 0 Å². The molecule has 0 aromatic carbocycles. The lowest BCUT2D eigenvalue weighted by Crippen LogP contribution is -2.35. The van der Waals surface area contributed by atoms with Crippen LogP contribution < -0.4 is 103 Å². The number of nitrogen functional groups attached to an aromatic ring is 1. The van der Waals surface area contributed by atoms with Crippen LogP contribution in [0, 0.1) is 41.5 Å². The number of aryl methyl sites for hydroxylation is 6. The minimum absolute atomic E-state index is 0.00325. The van der Waals surface area contributed by atoms with Crippen LogP contribution in [0.4, 0.5) is 5.82 Å². The average molecular weight is 2270 g/mol. The first-order valence-corrected chi connectivity index (χ1v) is 60.8. The van der Waals surface area contributed by atoms with Crippen LogP contribution in [0.5, 0.6) is 0 Å². The molecule has 0 bridgehead atoms. The van der Waals surface area contributed by atoms with Crippen molar-refractivity contribution < 1.29 is 130 Å². The number of aromatic nitrogens is 16. The van der Waals surface area contributed by atoms with Gasteiger partial charge in [0.25, 0.3) is 33.4 Å². The van der Waals surface area contributed by atoms with Crippen molar-refractivity contribution in [1.29, 1.82) is 0 Å². The molecule has 7 saturated heterocycles. The van der Waals surface area contributed by atoms with Gasteiger partial charge in [0.1, 0.15) is 132 Å². The molecule has 0 saturated carbocycles. The molecule has 0 amide bonds. The van der Waals surface area contributed by atoms with Crippen LogP contribution in [-0.2, 0) is 184 Å². The third-order valence-corrected chi connectivity index (χ3v) is 34.7. The molecule has 7 unspecified atom stereocenters. The van der Waals surface area contributed by atoms with Crippen molar-refractivity contribution in [2.45, 2.75) is 229 Å². The van der Waals surface area contributed by atoms with Gasteiger partial charge in [0.05, 0.1) is 94.8 Å². The summed E-state index contributed by atoms with van der Waals surface area (Å²) in [7, 11) is 1.00. The first kappa shape index (κ1) is 111. The number of H-pyrrole nitrogens is 6. The minimum Gasteiger partial charge on any atom is -0.780 e. The summed E-state index contributed by atoms with van der Waals surface area (Å²) in [6.07, 6.45) is -22.7. The number of imidazole rings is 1. The molecule has 8 aromatic rings. The highest BCUT2D eigenvalue weighted by molar-refractivity contribution is 8.32. The van der Waals surface area contributed by atoms with Gasteiger partial charge in [-0.05, 0) is 48.0 Å². The predicted molar refractivity (Wildman–Crippen MR) is 504 cm³/mol. The first-order valence-electron chi connectivity index (χ1n) is 42.9. The van der Waals surface area contributed by atoms with Crippen LogP contribution in [0.15, 0.2) is 107 Å². The Morgan fingerprint density at radius 1 is 0.350 bits per heavy atom. The summed E-state index contributed by atoms with van der Waals surface area (Å²) in [6, 6.07) is 0. The molecular formula is C72H89N17O40P7S7-7. The summed E-state index contributed by atoms with van der Waals surface area (Å²) in [4.78, 5) is 266. The highest BCUT2D eigenvalue weighted by Gasteiger charge is 2.49. The van der Waals surface area contributed by atoms with Gasteiger partial charge in [0.2, 0.25) is 0 Å². The molecule has 0 aliphatic carbocycles. The number of aromatic amines is 6. The summed E-state index contributed by atoms with van der Waals surface area (Å²) in [5.41, 5.74) is -3.61. The Morgan fingerprint density at radius 2 is 0.566 bits per heavy atom. The number of ether oxygens (including phenoxy) is 7. The molecular weight excluding hydrogens is 2180 g/mol. The largest absolute Gasteiger partial charge is 0.780 e. The van der Waals surface area contributed by atoms with Crippen LogP contribution in [0.1, 0.15) is 135 Å². The Kier molecular flexibility index (Phi) is 34.7. The molecule has 0 radical (unpaired) electrons. The SMILES string of the molecule is CC[C@H]1O[C@@H](n2cc(C)c(=O)[nH]c2=O)C[C@H]1OP([O-])(=S)OC[C@H]1O[C@@H](n2cnc3c(N)ncnc32)C[C@H]1OP(=O)([S-])OC[C@H]1O[C@@H](n2cc(C)c(=O)[nH]c2=O)C[C@H]1OP([O-])(=S)OC[C@H]1O[C@@H](n2cc(C)c(=O)[nH]c2=O)C[C@H]1OP([O-])(=S)OC[C@H]1O[C@@H](n2cc(C)c(=O)[nH]c2=O)C[C@H]1OP([O-])(=S)OC[C@H]1O[C@@H](n2cc(C)c(=O)[nH]c2=O)C[C@H]1OP([O-])(=S)OC[C@H]1O[C@@H](n2cc(C)c(=O)[nH]c2=O)C[C@H]1OP([O-])(=S)OC. The highest BCUT2D eigenvalue weighted by atomic mass is 32.7. The third-order valence-electron chi connectivity index (χ3n) is 23.6. The fraction of sp³-hybridized carbons (Fsp3) is 0.597. The molecule has 15 rings (SSSR count). The van der Waals surface area contributed by atoms with Crippen molar-refractivity contribution in [2.75, 3.05) is 52.5 Å². The van der Waals surface area contributed by atoms with E-state index in [1.165, 1.54) is 64.8 Å². The van der Waals surface area contributed by atoms with Crippen molar-refractivity contribution in [1.82, 2.24) is 76.8 Å². The second-order valence-electron chi connectivity index (χ2n) is 33.5. The van der Waals surface area contributed by atoms with Crippen molar-refractivity contribution >= 4 is 147 Å². The maximum Gasteiger partial charge on any atom is 0.330 e. The molecule has 7 aliphatic rings. The van der Waals surface area contributed by atoms with Gasteiger partial charge in [0.15, 0.2) is 18.3 Å². The zero-order chi connectivity index (χ0) is 104. The van der Waals surface area contributed by atoms with E-state index in [2.05, 4.69) is 44.9 Å². The fourth-order valence-electron chi connectivity index (χ4n) is 16.4. The Balaban J connectivity index is 0.633. The molecule has 57 nitrogen and oxygen atoms in total. The summed E-state index contributed by atoms with van der Waals surface area (Å²) >= 11 is 37.6. The lowest BCUT2D eigenvalue weighted by molar-refractivity contribution is -0.221. The van der Waals surface area contributed by atoms with Gasteiger partial charge in [-0.2, -0.15) is 0 Å². The summed E-state index contributed by atoms with van der Waals surface area (Å²) in [5, 5.41) is 0. The Bertz CT molecular complexity index is 7320. The van der Waals surface area contributed by atoms with Crippen molar-refractivity contribution in [3.8, 4) is 0 Å². The number of hydrogen-bond acceptors (Lipinski definition) is 51. The average Bonchev–Trinajstić information content (AvgIpc) is 1.61. The normalized spacial score (nSPS) is 29.7. The summed E-state index contributed by atoms with van der Waals surface area (Å²) in [5.74, 6) is -0.00981. The van der Waals surface area contributed by atoms with Gasteiger partial charge >= 0.3 is 34.1 Å². The lowest BCUT2D eigenvalue weighted by Gasteiger charge is -2.36. The maximum atomic E-state index is 14.9. The summed E-state index contributed by atoms with van der Waals surface area (Å²) in [6.45, 7) is -29.3. The number of anilines is 1. The lowest BCUT2D eigenvalue weighted by atomic mass is 10.1. The van der Waals surface area contributed by atoms with E-state index in [4.69, 9.17) is 185 Å². The van der Waals surface area contributed by atoms with Crippen molar-refractivity contribution in [3.05, 3.63) is 208 Å². The smallest absolute Gasteiger partial charge is 0.330 e. The predicted octanol–water partition coefficient (Wildman–Crippen LogP) is -3.41. The van der Waals surface area contributed by atoms with Crippen molar-refractivity contribution in [2.24, 2.45) is 0 Å². The second kappa shape index (κ2) is 44.8. The van der Waals surface area contributed by atoms with E-state index in [0.29, 0.717) is 0 Å². The number of rotatable bonds is 41. The fourth-order valence-corrected chi connectivity index (χ4v) is 26.1. The molecule has 786 valence electrons. The van der Waals surface area contributed by atoms with E-state index in [-0.39, 0.29) is 76.0 Å². The number of nitrogens with two attached hydrogens (primary N) is 1. The molecule has 7 aliphatic heterocycles. The van der Waals surface area contributed by atoms with Gasteiger partial charge < -0.3 is 144 Å². The molecule has 8 N–H and O–H groups in total. The van der Waals surface area contributed by atoms with Gasteiger partial charge in [-0.3, -0.25) is 95.2 Å². The molecule has 0 spiro atoms. The van der Waals surface area contributed by atoms with Crippen LogP contribution in [0.25, 0.3) is 11.2 Å². The second-order valence-corrected chi connectivity index (χ2v) is 52.6. The van der Waals surface area contributed by atoms with Crippen LogP contribution >= 0.6 is 47.1 Å². The topological polar surface area (TPSA) is 748 Å². The zero-order valence-corrected chi connectivity index (χ0v) is 87.5. The van der Waals surface area contributed by atoms with Gasteiger partial charge in [0, 0.05) is 123 Å². The Labute approximate surface area is 838 Å². The van der Waals surface area contributed by atoms with E-state index in [1.54, 1.807) is 6.92 Å². The van der Waals surface area contributed by atoms with E-state index >= 15 is 0 Å². The molecule has 15 heterocycles. The van der Waals surface area contributed by atoms with E-state index in [1.807, 2.05) is 0 Å². The van der Waals surface area contributed by atoms with Crippen LogP contribution in [-0.4, -0.2) is 209 Å². The monoisotopic (exact) mass is 2270 g/mol. The van der Waals surface area contributed by atoms with Gasteiger partial charge in [-0.25, -0.2) is 43.7 Å². The van der Waals surface area contributed by atoms with E-state index in [9.17, 15) is 91.5 Å². The van der Waals surface area contributed by atoms with Crippen molar-refractivity contribution in [3.63, 3.8) is 0 Å². The Hall–Kier alpha value is -6.17. The highest BCUT2D eigenvalue weighted by Crippen LogP contribution is 2.57. The summed E-state index contributed by atoms with van der Waals surface area (Å²) < 4.78 is 146. The van der Waals surface area contributed by atoms with E-state index < -0.39 is 309 Å². The maximum absolute atomic E-state index is 14.9. The molecule has 8 aromatic heterocycles. The molecule has 28 atom stereocenters. The number of hydrogen-bond donors (Lipinski definition) is 7. The molecule has 71 heteroatoms. The number of fused-ring (bicyclic) bond motifs is 1.